The number of hydrogen-bond acceptors (Lipinski definition) is 5. The number of nitrogens with zero attached hydrogens (tertiary/aromatic N) is 2. The lowest BCUT2D eigenvalue weighted by Crippen LogP contribution is -2.39. The summed E-state index contributed by atoms with van der Waals surface area (Å²) in [6, 6.07) is 4.52. The van der Waals surface area contributed by atoms with Crippen LogP contribution in [-0.2, 0) is 11.2 Å². The van der Waals surface area contributed by atoms with E-state index < -0.39 is 4.92 Å². The van der Waals surface area contributed by atoms with Crippen molar-refractivity contribution in [1.29, 1.82) is 0 Å². The summed E-state index contributed by atoms with van der Waals surface area (Å²) < 4.78 is 5.21. The molecule has 132 valence electrons. The predicted molar refractivity (Wildman–Crippen MR) is 89.0 cm³/mol. The average Bonchev–Trinajstić information content (AvgIpc) is 2.57. The largest absolute Gasteiger partial charge is 0.502 e. The Morgan fingerprint density at radius 2 is 2.12 bits per heavy atom. The van der Waals surface area contributed by atoms with Crippen LogP contribution in [0.4, 0.5) is 10.5 Å². The second kappa shape index (κ2) is 8.52. The molecule has 0 bridgehead atoms. The van der Waals surface area contributed by atoms with Gasteiger partial charge in [-0.15, -0.1) is 0 Å². The Bertz CT molecular complexity index is 582. The topological polar surface area (TPSA) is 92.9 Å². The van der Waals surface area contributed by atoms with Gasteiger partial charge in [-0.05, 0) is 43.2 Å². The number of benzene rings is 1. The second-order valence-corrected chi connectivity index (χ2v) is 6.18. The monoisotopic (exact) mass is 336 g/mol. The first-order chi connectivity index (χ1) is 11.5. The summed E-state index contributed by atoms with van der Waals surface area (Å²) in [5.74, 6) is 0.0576. The third-order valence-corrected chi connectivity index (χ3v) is 4.36. The number of rotatable bonds is 6. The van der Waals surface area contributed by atoms with Crippen LogP contribution in [0.2, 0.25) is 0 Å². The number of unbranched alkanes of at least 4 members (excludes halogenated alkanes) is 1. The number of carbonyl (C=O) groups excluding carboxylic acids is 1. The Balaban J connectivity index is 1.84. The maximum absolute atomic E-state index is 11.9. The highest BCUT2D eigenvalue weighted by atomic mass is 16.6. The predicted octanol–water partition coefficient (Wildman–Crippen LogP) is 3.49. The Morgan fingerprint density at radius 1 is 1.42 bits per heavy atom. The molecule has 7 nitrogen and oxygen atoms in total. The molecule has 1 amide bonds. The van der Waals surface area contributed by atoms with E-state index in [1.54, 1.807) is 11.0 Å². The number of ether oxygens (including phenoxy) is 1. The third-order valence-electron chi connectivity index (χ3n) is 4.36. The van der Waals surface area contributed by atoms with Crippen LogP contribution in [0.3, 0.4) is 0 Å². The standard InChI is InChI=1S/C17H24N2O5/c1-2-3-10-24-17(21)18-8-6-13(7-9-18)11-14-4-5-16(20)15(12-14)19(22)23/h4-5,12-13,20H,2-3,6-11H2,1H3. The molecule has 0 unspecified atom stereocenters. The first-order valence-corrected chi connectivity index (χ1v) is 8.39. The number of hydrogen-bond donors (Lipinski definition) is 1. The van der Waals surface area contributed by atoms with Crippen LogP contribution in [0.5, 0.6) is 5.75 Å². The van der Waals surface area contributed by atoms with Crippen LogP contribution < -0.4 is 0 Å². The van der Waals surface area contributed by atoms with Gasteiger partial charge in [0, 0.05) is 19.2 Å². The first-order valence-electron chi connectivity index (χ1n) is 8.39. The number of amides is 1. The van der Waals surface area contributed by atoms with Crippen molar-refractivity contribution in [3.05, 3.63) is 33.9 Å². The molecule has 1 saturated heterocycles. The van der Waals surface area contributed by atoms with Crippen molar-refractivity contribution in [3.8, 4) is 5.75 Å². The highest BCUT2D eigenvalue weighted by Crippen LogP contribution is 2.29. The van der Waals surface area contributed by atoms with E-state index in [0.717, 1.165) is 31.2 Å². The van der Waals surface area contributed by atoms with Crippen LogP contribution in [0.25, 0.3) is 0 Å². The van der Waals surface area contributed by atoms with Gasteiger partial charge in [0.2, 0.25) is 0 Å². The van der Waals surface area contributed by atoms with Crippen LogP contribution in [-0.4, -0.2) is 40.7 Å². The molecule has 0 aliphatic carbocycles. The van der Waals surface area contributed by atoms with Gasteiger partial charge in [0.15, 0.2) is 5.75 Å². The SMILES string of the molecule is CCCCOC(=O)N1CCC(Cc2ccc(O)c([N+](=O)[O-])c2)CC1. The fourth-order valence-electron chi connectivity index (χ4n) is 2.89. The number of piperidine rings is 1. The summed E-state index contributed by atoms with van der Waals surface area (Å²) in [6.07, 6.45) is 4.02. The number of nitro benzene ring substituents is 1. The molecule has 2 rings (SSSR count). The Kier molecular flexibility index (Phi) is 6.40. The van der Waals surface area contributed by atoms with E-state index in [2.05, 4.69) is 0 Å². The molecule has 0 saturated carbocycles. The summed E-state index contributed by atoms with van der Waals surface area (Å²) in [4.78, 5) is 23.9. The molecule has 0 aromatic heterocycles. The van der Waals surface area contributed by atoms with Crippen molar-refractivity contribution in [2.75, 3.05) is 19.7 Å². The Morgan fingerprint density at radius 3 is 2.75 bits per heavy atom. The van der Waals surface area contributed by atoms with Crippen molar-refractivity contribution < 1.29 is 19.6 Å². The zero-order chi connectivity index (χ0) is 17.5. The first kappa shape index (κ1) is 18.0. The van der Waals surface area contributed by atoms with Crippen molar-refractivity contribution in [2.24, 2.45) is 5.92 Å². The number of carbonyl (C=O) groups is 1. The normalized spacial score (nSPS) is 15.3. The van der Waals surface area contributed by atoms with Crippen molar-refractivity contribution in [2.45, 2.75) is 39.0 Å². The van der Waals surface area contributed by atoms with Gasteiger partial charge in [0.1, 0.15) is 0 Å². The molecule has 0 atom stereocenters. The Hall–Kier alpha value is -2.31. The van der Waals surface area contributed by atoms with Gasteiger partial charge >= 0.3 is 11.8 Å². The molecule has 7 heteroatoms. The second-order valence-electron chi connectivity index (χ2n) is 6.18. The molecule has 1 heterocycles. The Labute approximate surface area is 141 Å². The molecular weight excluding hydrogens is 312 g/mol. The molecule has 1 aliphatic heterocycles. The van der Waals surface area contributed by atoms with E-state index in [-0.39, 0.29) is 17.5 Å². The van der Waals surface area contributed by atoms with Gasteiger partial charge in [0.25, 0.3) is 0 Å². The number of phenolic OH excluding ortho intramolecular Hbond substituents is 1. The average molecular weight is 336 g/mol. The van der Waals surface area contributed by atoms with Gasteiger partial charge in [0.05, 0.1) is 11.5 Å². The minimum absolute atomic E-state index is 0.248. The zero-order valence-corrected chi connectivity index (χ0v) is 13.9. The van der Waals surface area contributed by atoms with Crippen molar-refractivity contribution in [3.63, 3.8) is 0 Å². The summed E-state index contributed by atoms with van der Waals surface area (Å²) in [6.45, 7) is 3.81. The number of phenols is 1. The van der Waals surface area contributed by atoms with Gasteiger partial charge < -0.3 is 14.7 Å². The number of nitro groups is 1. The van der Waals surface area contributed by atoms with Gasteiger partial charge in [-0.1, -0.05) is 19.4 Å². The fraction of sp³-hybridized carbons (Fsp3) is 0.588. The molecule has 1 N–H and O–H groups in total. The van der Waals surface area contributed by atoms with E-state index in [1.807, 2.05) is 6.92 Å². The summed E-state index contributed by atoms with van der Waals surface area (Å²) in [5.41, 5.74) is 0.577. The number of likely N-dealkylation sites (tertiary alicyclic amines) is 1. The molecule has 0 radical (unpaired) electrons. The molecule has 24 heavy (non-hydrogen) atoms. The molecule has 1 aliphatic rings. The minimum atomic E-state index is -0.576. The van der Waals surface area contributed by atoms with Crippen LogP contribution >= 0.6 is 0 Å². The van der Waals surface area contributed by atoms with Crippen LogP contribution in [0.15, 0.2) is 18.2 Å². The van der Waals surface area contributed by atoms with Gasteiger partial charge in [-0.3, -0.25) is 10.1 Å². The lowest BCUT2D eigenvalue weighted by atomic mass is 9.90. The van der Waals surface area contributed by atoms with Gasteiger partial charge in [-0.25, -0.2) is 4.79 Å². The number of aromatic hydroxyl groups is 1. The van der Waals surface area contributed by atoms with Crippen molar-refractivity contribution >= 4 is 11.8 Å². The smallest absolute Gasteiger partial charge is 0.409 e. The molecule has 0 spiro atoms. The van der Waals surface area contributed by atoms with E-state index >= 15 is 0 Å². The third kappa shape index (κ3) is 4.84. The molecule has 1 fully saturated rings. The lowest BCUT2D eigenvalue weighted by Gasteiger charge is -2.31. The van der Waals surface area contributed by atoms with Crippen LogP contribution in [0.1, 0.15) is 38.2 Å². The van der Waals surface area contributed by atoms with E-state index in [1.165, 1.54) is 12.1 Å². The van der Waals surface area contributed by atoms with Crippen LogP contribution in [0, 0.1) is 16.0 Å². The fourth-order valence-corrected chi connectivity index (χ4v) is 2.89. The summed E-state index contributed by atoms with van der Waals surface area (Å²) in [5, 5.41) is 20.4. The van der Waals surface area contributed by atoms with E-state index in [9.17, 15) is 20.0 Å². The van der Waals surface area contributed by atoms with Crippen molar-refractivity contribution in [1.82, 2.24) is 4.90 Å². The molecule has 1 aromatic rings. The van der Waals surface area contributed by atoms with E-state index in [0.29, 0.717) is 32.0 Å². The summed E-state index contributed by atoms with van der Waals surface area (Å²) in [7, 11) is 0. The highest BCUT2D eigenvalue weighted by Gasteiger charge is 2.24. The maximum Gasteiger partial charge on any atom is 0.409 e. The molecular formula is C17H24N2O5. The van der Waals surface area contributed by atoms with Gasteiger partial charge in [-0.2, -0.15) is 0 Å². The zero-order valence-electron chi connectivity index (χ0n) is 13.9. The maximum atomic E-state index is 11.9. The minimum Gasteiger partial charge on any atom is -0.502 e. The highest BCUT2D eigenvalue weighted by molar-refractivity contribution is 5.67. The molecule has 1 aromatic carbocycles. The van der Waals surface area contributed by atoms with E-state index in [4.69, 9.17) is 4.74 Å². The lowest BCUT2D eigenvalue weighted by molar-refractivity contribution is -0.385. The summed E-state index contributed by atoms with van der Waals surface area (Å²) >= 11 is 0. The quantitative estimate of drug-likeness (QED) is 0.487.